The number of carbonyl (C=O) groups excluding carboxylic acids is 2. The maximum absolute atomic E-state index is 13.7. The van der Waals surface area contributed by atoms with Crippen LogP contribution in [0.5, 0.6) is 11.5 Å². The predicted molar refractivity (Wildman–Crippen MR) is 113 cm³/mol. The van der Waals surface area contributed by atoms with Gasteiger partial charge in [-0.15, -0.1) is 0 Å². The SMILES string of the molecule is COc1ccccc1C1=C(N2CCOCC2)C(=O)N(c2cc(Cl)ccc2OC)C1=O. The molecule has 0 radical (unpaired) electrons. The second kappa shape index (κ2) is 8.38. The highest BCUT2D eigenvalue weighted by Gasteiger charge is 2.44. The summed E-state index contributed by atoms with van der Waals surface area (Å²) in [6.45, 7) is 1.97. The molecule has 7 nitrogen and oxygen atoms in total. The Balaban J connectivity index is 1.90. The minimum atomic E-state index is -0.452. The molecule has 4 rings (SSSR count). The quantitative estimate of drug-likeness (QED) is 0.682. The smallest absolute Gasteiger partial charge is 0.282 e. The fourth-order valence-corrected chi connectivity index (χ4v) is 3.92. The van der Waals surface area contributed by atoms with Crippen LogP contribution >= 0.6 is 11.6 Å². The van der Waals surface area contributed by atoms with E-state index in [0.717, 1.165) is 4.90 Å². The Kier molecular flexibility index (Phi) is 5.65. The van der Waals surface area contributed by atoms with E-state index in [1.54, 1.807) is 30.3 Å². The van der Waals surface area contributed by atoms with Gasteiger partial charge in [0.05, 0.1) is 38.7 Å². The summed E-state index contributed by atoms with van der Waals surface area (Å²) in [4.78, 5) is 30.3. The van der Waals surface area contributed by atoms with Crippen molar-refractivity contribution in [1.82, 2.24) is 4.90 Å². The molecule has 0 spiro atoms. The summed E-state index contributed by atoms with van der Waals surface area (Å²) in [5, 5.41) is 0.394. The topological polar surface area (TPSA) is 68.3 Å². The number of benzene rings is 2. The van der Waals surface area contributed by atoms with Crippen molar-refractivity contribution in [1.29, 1.82) is 0 Å². The van der Waals surface area contributed by atoms with Crippen LogP contribution in [-0.4, -0.2) is 57.2 Å². The van der Waals surface area contributed by atoms with Crippen molar-refractivity contribution in [3.05, 3.63) is 58.7 Å². The summed E-state index contributed by atoms with van der Waals surface area (Å²) in [5.74, 6) is 0.0120. The van der Waals surface area contributed by atoms with Gasteiger partial charge in [-0.05, 0) is 24.3 Å². The van der Waals surface area contributed by atoms with Crippen molar-refractivity contribution in [3.63, 3.8) is 0 Å². The number of hydrogen-bond donors (Lipinski definition) is 0. The zero-order valence-electron chi connectivity index (χ0n) is 16.7. The average Bonchev–Trinajstić information content (AvgIpc) is 3.04. The van der Waals surface area contributed by atoms with Gasteiger partial charge in [-0.2, -0.15) is 0 Å². The first kappa shape index (κ1) is 20.3. The number of methoxy groups -OCH3 is 2. The van der Waals surface area contributed by atoms with E-state index in [-0.39, 0.29) is 0 Å². The van der Waals surface area contributed by atoms with Crippen LogP contribution in [0, 0.1) is 0 Å². The van der Waals surface area contributed by atoms with Crippen LogP contribution in [0.2, 0.25) is 5.02 Å². The van der Waals surface area contributed by atoms with Gasteiger partial charge in [-0.25, -0.2) is 4.90 Å². The zero-order valence-corrected chi connectivity index (χ0v) is 17.4. The monoisotopic (exact) mass is 428 g/mol. The highest BCUT2D eigenvalue weighted by atomic mass is 35.5. The number of imide groups is 1. The lowest BCUT2D eigenvalue weighted by atomic mass is 10.0. The minimum absolute atomic E-state index is 0.293. The lowest BCUT2D eigenvalue weighted by Crippen LogP contribution is -2.40. The van der Waals surface area contributed by atoms with E-state index in [9.17, 15) is 9.59 Å². The van der Waals surface area contributed by atoms with E-state index in [2.05, 4.69) is 0 Å². The molecule has 2 aliphatic rings. The van der Waals surface area contributed by atoms with Crippen molar-refractivity contribution in [2.75, 3.05) is 45.4 Å². The summed E-state index contributed by atoms with van der Waals surface area (Å²) in [6, 6.07) is 12.0. The molecule has 2 aromatic carbocycles. The number of carbonyl (C=O) groups is 2. The van der Waals surface area contributed by atoms with Crippen LogP contribution in [0.25, 0.3) is 5.57 Å². The molecule has 8 heteroatoms. The highest BCUT2D eigenvalue weighted by Crippen LogP contribution is 2.41. The maximum Gasteiger partial charge on any atom is 0.282 e. The van der Waals surface area contributed by atoms with Crippen LogP contribution in [0.4, 0.5) is 5.69 Å². The molecule has 2 amide bonds. The van der Waals surface area contributed by atoms with E-state index in [4.69, 9.17) is 25.8 Å². The number of amides is 2. The molecule has 156 valence electrons. The largest absolute Gasteiger partial charge is 0.496 e. The van der Waals surface area contributed by atoms with Crippen LogP contribution < -0.4 is 14.4 Å². The average molecular weight is 429 g/mol. The Morgan fingerprint density at radius 1 is 0.933 bits per heavy atom. The first-order chi connectivity index (χ1) is 14.6. The fourth-order valence-electron chi connectivity index (χ4n) is 3.75. The number of nitrogens with zero attached hydrogens (tertiary/aromatic N) is 2. The summed E-state index contributed by atoms with van der Waals surface area (Å²) < 4.78 is 16.3. The Morgan fingerprint density at radius 2 is 1.63 bits per heavy atom. The Labute approximate surface area is 179 Å². The molecule has 0 bridgehead atoms. The van der Waals surface area contributed by atoms with Crippen LogP contribution in [0.15, 0.2) is 48.2 Å². The predicted octanol–water partition coefficient (Wildman–Crippen LogP) is 2.97. The highest BCUT2D eigenvalue weighted by molar-refractivity contribution is 6.46. The van der Waals surface area contributed by atoms with Crippen LogP contribution in [0.3, 0.4) is 0 Å². The standard InChI is InChI=1S/C22H21ClN2O5/c1-28-17-6-4-3-5-15(17)19-20(24-9-11-30-12-10-24)22(27)25(21(19)26)16-13-14(23)7-8-18(16)29-2/h3-8,13H,9-12H2,1-2H3. The number of rotatable bonds is 5. The van der Waals surface area contributed by atoms with Crippen molar-refractivity contribution in [2.24, 2.45) is 0 Å². The number of para-hydroxylation sites is 1. The lowest BCUT2D eigenvalue weighted by molar-refractivity contribution is -0.121. The van der Waals surface area contributed by atoms with Gasteiger partial charge in [0, 0.05) is 23.7 Å². The Morgan fingerprint density at radius 3 is 2.33 bits per heavy atom. The molecular weight excluding hydrogens is 408 g/mol. The second-order valence-electron chi connectivity index (χ2n) is 6.79. The molecule has 0 aliphatic carbocycles. The normalized spacial score (nSPS) is 17.0. The molecule has 2 heterocycles. The molecule has 2 aliphatic heterocycles. The first-order valence-corrected chi connectivity index (χ1v) is 9.87. The van der Waals surface area contributed by atoms with Crippen molar-refractivity contribution in [3.8, 4) is 11.5 Å². The van der Waals surface area contributed by atoms with Crippen molar-refractivity contribution in [2.45, 2.75) is 0 Å². The van der Waals surface area contributed by atoms with Gasteiger partial charge in [0.15, 0.2) is 0 Å². The fraction of sp³-hybridized carbons (Fsp3) is 0.273. The van der Waals surface area contributed by atoms with Gasteiger partial charge in [0.1, 0.15) is 17.2 Å². The molecule has 1 fully saturated rings. The molecule has 0 aromatic heterocycles. The summed E-state index contributed by atoms with van der Waals surface area (Å²) in [6.07, 6.45) is 0. The third-order valence-corrected chi connectivity index (χ3v) is 5.38. The number of ether oxygens (including phenoxy) is 3. The molecule has 30 heavy (non-hydrogen) atoms. The third kappa shape index (κ3) is 3.40. The summed E-state index contributed by atoms with van der Waals surface area (Å²) in [5.41, 5.74) is 1.48. The number of hydrogen-bond acceptors (Lipinski definition) is 6. The molecule has 0 atom stereocenters. The molecule has 0 N–H and O–H groups in total. The summed E-state index contributed by atoms with van der Waals surface area (Å²) >= 11 is 6.17. The van der Waals surface area contributed by atoms with E-state index in [1.807, 2.05) is 17.0 Å². The molecule has 1 saturated heterocycles. The van der Waals surface area contributed by atoms with Crippen LogP contribution in [0.1, 0.15) is 5.56 Å². The van der Waals surface area contributed by atoms with E-state index < -0.39 is 11.8 Å². The number of halogens is 1. The van der Waals surface area contributed by atoms with Crippen molar-refractivity contribution < 1.29 is 23.8 Å². The molecule has 0 saturated carbocycles. The molecule has 2 aromatic rings. The first-order valence-electron chi connectivity index (χ1n) is 9.49. The van der Waals surface area contributed by atoms with Gasteiger partial charge >= 0.3 is 0 Å². The van der Waals surface area contributed by atoms with E-state index >= 15 is 0 Å². The van der Waals surface area contributed by atoms with Gasteiger partial charge < -0.3 is 19.1 Å². The van der Waals surface area contributed by atoms with Gasteiger partial charge in [-0.1, -0.05) is 29.8 Å². The molecular formula is C22H21ClN2O5. The lowest BCUT2D eigenvalue weighted by Gasteiger charge is -2.29. The number of morpholine rings is 1. The van der Waals surface area contributed by atoms with Crippen LogP contribution in [-0.2, 0) is 14.3 Å². The van der Waals surface area contributed by atoms with E-state index in [1.165, 1.54) is 14.2 Å². The molecule has 0 unspecified atom stereocenters. The number of anilines is 1. The Hall–Kier alpha value is -3.03. The van der Waals surface area contributed by atoms with Gasteiger partial charge in [-0.3, -0.25) is 9.59 Å². The zero-order chi connectivity index (χ0) is 21.3. The van der Waals surface area contributed by atoms with E-state index in [0.29, 0.717) is 65.3 Å². The second-order valence-corrected chi connectivity index (χ2v) is 7.22. The van der Waals surface area contributed by atoms with Gasteiger partial charge in [0.2, 0.25) is 0 Å². The van der Waals surface area contributed by atoms with Crippen molar-refractivity contribution >= 4 is 34.7 Å². The third-order valence-electron chi connectivity index (χ3n) is 5.14. The summed E-state index contributed by atoms with van der Waals surface area (Å²) in [7, 11) is 3.02. The minimum Gasteiger partial charge on any atom is -0.496 e. The van der Waals surface area contributed by atoms with Gasteiger partial charge in [0.25, 0.3) is 11.8 Å². The Bertz CT molecular complexity index is 1030. The maximum atomic E-state index is 13.7.